The van der Waals surface area contributed by atoms with Crippen LogP contribution in [0.3, 0.4) is 0 Å². The van der Waals surface area contributed by atoms with Crippen LogP contribution in [0.4, 0.5) is 0 Å². The van der Waals surface area contributed by atoms with E-state index >= 15 is 0 Å². The molecule has 0 spiro atoms. The third-order valence-corrected chi connectivity index (χ3v) is 4.91. The van der Waals surface area contributed by atoms with Crippen LogP contribution in [0.15, 0.2) is 54.9 Å². The normalized spacial score (nSPS) is 20.7. The van der Waals surface area contributed by atoms with Gasteiger partial charge in [0.1, 0.15) is 0 Å². The summed E-state index contributed by atoms with van der Waals surface area (Å²) in [5.74, 6) is 0.867. The van der Waals surface area contributed by atoms with Crippen molar-refractivity contribution in [2.45, 2.75) is 17.8 Å². The Balaban J connectivity index is 1.46. The zero-order valence-electron chi connectivity index (χ0n) is 12.2. The molecule has 114 valence electrons. The van der Waals surface area contributed by atoms with Crippen LogP contribution in [0.25, 0.3) is 0 Å². The summed E-state index contributed by atoms with van der Waals surface area (Å²) < 4.78 is 0. The van der Waals surface area contributed by atoms with Gasteiger partial charge >= 0.3 is 0 Å². The Kier molecular flexibility index (Phi) is 5.08. The van der Waals surface area contributed by atoms with Gasteiger partial charge in [-0.3, -0.25) is 15.1 Å². The number of aromatic nitrogens is 1. The van der Waals surface area contributed by atoms with E-state index in [1.165, 1.54) is 5.56 Å². The third kappa shape index (κ3) is 3.87. The molecule has 3 rings (SSSR count). The van der Waals surface area contributed by atoms with Crippen molar-refractivity contribution in [3.8, 4) is 0 Å². The first-order valence-corrected chi connectivity index (χ1v) is 8.47. The van der Waals surface area contributed by atoms with Crippen molar-refractivity contribution in [2.75, 3.05) is 12.3 Å². The van der Waals surface area contributed by atoms with Crippen LogP contribution in [-0.4, -0.2) is 29.2 Å². The van der Waals surface area contributed by atoms with E-state index in [1.807, 2.05) is 36.5 Å². The van der Waals surface area contributed by atoms with Gasteiger partial charge < -0.3 is 5.32 Å². The molecule has 1 aromatic heterocycles. The molecule has 2 unspecified atom stereocenters. The lowest BCUT2D eigenvalue weighted by molar-refractivity contribution is -0.122. The van der Waals surface area contributed by atoms with E-state index < -0.39 is 0 Å². The lowest BCUT2D eigenvalue weighted by Gasteiger charge is -2.13. The molecule has 22 heavy (non-hydrogen) atoms. The number of hydrogen-bond donors (Lipinski definition) is 2. The van der Waals surface area contributed by atoms with Gasteiger partial charge in [-0.05, 0) is 23.6 Å². The zero-order valence-corrected chi connectivity index (χ0v) is 13.1. The van der Waals surface area contributed by atoms with Crippen LogP contribution >= 0.6 is 11.8 Å². The smallest absolute Gasteiger partial charge is 0.238 e. The van der Waals surface area contributed by atoms with Gasteiger partial charge in [0.2, 0.25) is 5.91 Å². The number of benzene rings is 1. The van der Waals surface area contributed by atoms with Gasteiger partial charge in [-0.1, -0.05) is 36.4 Å². The van der Waals surface area contributed by atoms with Crippen LogP contribution in [0.1, 0.15) is 16.5 Å². The topological polar surface area (TPSA) is 54.0 Å². The largest absolute Gasteiger partial charge is 0.354 e. The van der Waals surface area contributed by atoms with E-state index in [2.05, 4.69) is 27.8 Å². The molecule has 2 aromatic rings. The first-order valence-electron chi connectivity index (χ1n) is 7.42. The van der Waals surface area contributed by atoms with E-state index in [0.29, 0.717) is 6.54 Å². The summed E-state index contributed by atoms with van der Waals surface area (Å²) in [6.07, 6.45) is 4.47. The minimum atomic E-state index is -0.133. The number of amides is 1. The Morgan fingerprint density at radius 1 is 1.27 bits per heavy atom. The van der Waals surface area contributed by atoms with Crippen LogP contribution in [0.5, 0.6) is 0 Å². The standard InChI is InChI=1S/C17H19N3OS/c21-16(19-10-8-13-5-2-1-3-6-13)15-12-22-17(20-15)14-7-4-9-18-11-14/h1-7,9,11,15,17,20H,8,10,12H2,(H,19,21). The van der Waals surface area contributed by atoms with Crippen molar-refractivity contribution in [2.24, 2.45) is 0 Å². The molecule has 4 nitrogen and oxygen atoms in total. The molecule has 0 aliphatic carbocycles. The molecule has 1 aromatic carbocycles. The Bertz CT molecular complexity index is 606. The fraction of sp³-hybridized carbons (Fsp3) is 0.294. The van der Waals surface area contributed by atoms with E-state index in [0.717, 1.165) is 17.7 Å². The molecule has 0 radical (unpaired) electrons. The third-order valence-electron chi connectivity index (χ3n) is 3.64. The maximum absolute atomic E-state index is 12.2. The highest BCUT2D eigenvalue weighted by atomic mass is 32.2. The Morgan fingerprint density at radius 2 is 2.14 bits per heavy atom. The quantitative estimate of drug-likeness (QED) is 0.888. The van der Waals surface area contributed by atoms with E-state index in [-0.39, 0.29) is 17.3 Å². The second kappa shape index (κ2) is 7.42. The van der Waals surface area contributed by atoms with Gasteiger partial charge in [-0.25, -0.2) is 0 Å². The average Bonchev–Trinajstić information content (AvgIpc) is 3.07. The van der Waals surface area contributed by atoms with E-state index in [9.17, 15) is 4.79 Å². The van der Waals surface area contributed by atoms with Crippen molar-refractivity contribution < 1.29 is 4.79 Å². The van der Waals surface area contributed by atoms with Crippen molar-refractivity contribution in [1.29, 1.82) is 0 Å². The molecule has 2 N–H and O–H groups in total. The van der Waals surface area contributed by atoms with Crippen LogP contribution in [0, 0.1) is 0 Å². The second-order valence-corrected chi connectivity index (χ2v) is 6.38. The van der Waals surface area contributed by atoms with Gasteiger partial charge in [0.25, 0.3) is 0 Å². The molecule has 0 bridgehead atoms. The maximum Gasteiger partial charge on any atom is 0.238 e. The molecule has 1 aliphatic heterocycles. The van der Waals surface area contributed by atoms with E-state index in [1.54, 1.807) is 18.0 Å². The summed E-state index contributed by atoms with van der Waals surface area (Å²) in [5, 5.41) is 6.53. The highest BCUT2D eigenvalue weighted by molar-refractivity contribution is 7.99. The number of pyridine rings is 1. The number of carbonyl (C=O) groups excluding carboxylic acids is 1. The molecule has 2 heterocycles. The van der Waals surface area contributed by atoms with Crippen LogP contribution in [-0.2, 0) is 11.2 Å². The van der Waals surface area contributed by atoms with Gasteiger partial charge in [0, 0.05) is 24.7 Å². The van der Waals surface area contributed by atoms with Crippen LogP contribution in [0.2, 0.25) is 0 Å². The molecular formula is C17H19N3OS. The predicted molar refractivity (Wildman–Crippen MR) is 89.5 cm³/mol. The van der Waals surface area contributed by atoms with Crippen molar-refractivity contribution >= 4 is 17.7 Å². The summed E-state index contributed by atoms with van der Waals surface area (Å²) in [6.45, 7) is 0.670. The zero-order chi connectivity index (χ0) is 15.2. The molecule has 5 heteroatoms. The number of carbonyl (C=O) groups is 1. The minimum Gasteiger partial charge on any atom is -0.354 e. The monoisotopic (exact) mass is 313 g/mol. The molecule has 1 saturated heterocycles. The van der Waals surface area contributed by atoms with Crippen molar-refractivity contribution in [3.63, 3.8) is 0 Å². The molecular weight excluding hydrogens is 294 g/mol. The summed E-state index contributed by atoms with van der Waals surface area (Å²) >= 11 is 1.75. The van der Waals surface area contributed by atoms with E-state index in [4.69, 9.17) is 0 Å². The summed E-state index contributed by atoms with van der Waals surface area (Å²) in [6, 6.07) is 14.0. The summed E-state index contributed by atoms with van der Waals surface area (Å²) in [5.41, 5.74) is 2.36. The predicted octanol–water partition coefficient (Wildman–Crippen LogP) is 2.14. The lowest BCUT2D eigenvalue weighted by Crippen LogP contribution is -2.43. The molecule has 1 amide bonds. The van der Waals surface area contributed by atoms with Gasteiger partial charge in [-0.15, -0.1) is 11.8 Å². The number of thioether (sulfide) groups is 1. The number of hydrogen-bond acceptors (Lipinski definition) is 4. The Morgan fingerprint density at radius 3 is 2.91 bits per heavy atom. The fourth-order valence-corrected chi connectivity index (χ4v) is 3.67. The summed E-state index contributed by atoms with van der Waals surface area (Å²) in [7, 11) is 0. The number of nitrogens with one attached hydrogen (secondary N) is 2. The average molecular weight is 313 g/mol. The molecule has 1 aliphatic rings. The highest BCUT2D eigenvalue weighted by Gasteiger charge is 2.30. The summed E-state index contributed by atoms with van der Waals surface area (Å²) in [4.78, 5) is 16.3. The highest BCUT2D eigenvalue weighted by Crippen LogP contribution is 2.32. The minimum absolute atomic E-state index is 0.0785. The fourth-order valence-electron chi connectivity index (χ4n) is 2.44. The number of nitrogens with zero attached hydrogens (tertiary/aromatic N) is 1. The van der Waals surface area contributed by atoms with Gasteiger partial charge in [-0.2, -0.15) is 0 Å². The van der Waals surface area contributed by atoms with Gasteiger partial charge in [0.05, 0.1) is 11.4 Å². The van der Waals surface area contributed by atoms with Crippen molar-refractivity contribution in [3.05, 3.63) is 66.0 Å². The molecule has 2 atom stereocenters. The second-order valence-electron chi connectivity index (χ2n) is 5.25. The Hall–Kier alpha value is -1.85. The SMILES string of the molecule is O=C(NCCc1ccccc1)C1CSC(c2cccnc2)N1. The first kappa shape index (κ1) is 15.1. The van der Waals surface area contributed by atoms with Gasteiger partial charge in [0.15, 0.2) is 0 Å². The molecule has 1 fully saturated rings. The lowest BCUT2D eigenvalue weighted by atomic mass is 10.1. The first-order chi connectivity index (χ1) is 10.8. The number of rotatable bonds is 5. The molecule has 0 saturated carbocycles. The Labute approximate surface area is 134 Å². The maximum atomic E-state index is 12.2. The van der Waals surface area contributed by atoms with Crippen molar-refractivity contribution in [1.82, 2.24) is 15.6 Å². The van der Waals surface area contributed by atoms with Crippen LogP contribution < -0.4 is 10.6 Å².